The third-order valence-electron chi connectivity index (χ3n) is 6.24. The second-order valence-corrected chi connectivity index (χ2v) is 9.01. The summed E-state index contributed by atoms with van der Waals surface area (Å²) >= 11 is 1.56. The molecule has 142 valence electrons. The van der Waals surface area contributed by atoms with E-state index in [-0.39, 0.29) is 17.7 Å². The molecule has 1 aromatic rings. The minimum absolute atomic E-state index is 0.0381. The molecule has 3 aliphatic rings. The van der Waals surface area contributed by atoms with Gasteiger partial charge in [-0.25, -0.2) is 0 Å². The molecule has 2 saturated heterocycles. The van der Waals surface area contributed by atoms with Crippen molar-refractivity contribution in [2.24, 2.45) is 17.3 Å². The second-order valence-electron chi connectivity index (χ2n) is 7.97. The Labute approximate surface area is 157 Å². The van der Waals surface area contributed by atoms with Crippen LogP contribution in [0, 0.1) is 17.3 Å². The van der Waals surface area contributed by atoms with E-state index in [4.69, 9.17) is 0 Å². The van der Waals surface area contributed by atoms with Crippen LogP contribution in [0.5, 0.6) is 0 Å². The number of carboxylic acid groups (broad SMARTS) is 1. The van der Waals surface area contributed by atoms with Crippen LogP contribution in [-0.2, 0) is 16.0 Å². The topological polar surface area (TPSA) is 86.6 Å². The van der Waals surface area contributed by atoms with Gasteiger partial charge in [-0.2, -0.15) is 0 Å². The van der Waals surface area contributed by atoms with Crippen LogP contribution in [0.2, 0.25) is 0 Å². The van der Waals surface area contributed by atoms with Gasteiger partial charge in [0.25, 0.3) is 0 Å². The van der Waals surface area contributed by atoms with Gasteiger partial charge >= 0.3 is 5.97 Å². The first-order valence-electron chi connectivity index (χ1n) is 9.63. The number of anilines is 1. The monoisotopic (exact) mass is 378 g/mol. The predicted octanol–water partition coefficient (Wildman–Crippen LogP) is 2.03. The van der Waals surface area contributed by atoms with Crippen molar-refractivity contribution in [2.75, 3.05) is 31.1 Å². The lowest BCUT2D eigenvalue weighted by Gasteiger charge is -2.26. The number of aromatic nitrogens is 2. The largest absolute Gasteiger partial charge is 0.481 e. The highest BCUT2D eigenvalue weighted by Gasteiger charge is 2.59. The molecule has 0 unspecified atom stereocenters. The van der Waals surface area contributed by atoms with E-state index in [1.54, 1.807) is 11.3 Å². The van der Waals surface area contributed by atoms with E-state index in [0.29, 0.717) is 26.2 Å². The Bertz CT molecular complexity index is 702. The fourth-order valence-corrected chi connectivity index (χ4v) is 5.75. The summed E-state index contributed by atoms with van der Waals surface area (Å²) in [4.78, 5) is 28.8. The fraction of sp³-hybridized carbons (Fsp3) is 0.778. The van der Waals surface area contributed by atoms with Gasteiger partial charge in [0.1, 0.15) is 10.4 Å². The van der Waals surface area contributed by atoms with E-state index in [9.17, 15) is 14.7 Å². The number of hydrogen-bond acceptors (Lipinski definition) is 6. The Hall–Kier alpha value is -1.70. The highest BCUT2D eigenvalue weighted by molar-refractivity contribution is 7.15. The summed E-state index contributed by atoms with van der Waals surface area (Å²) in [7, 11) is 0. The van der Waals surface area contributed by atoms with Gasteiger partial charge in [0.05, 0.1) is 0 Å². The van der Waals surface area contributed by atoms with E-state index >= 15 is 0 Å². The van der Waals surface area contributed by atoms with Crippen LogP contribution >= 0.6 is 11.3 Å². The standard InChI is InChI=1S/C18H26N4O3S/c1-2-5-14-19-20-17(26-14)22-9-13-8-21(10-18(13,11-22)16(24)25)15(23)12-6-3-4-7-12/h12-13H,2-11H2,1H3,(H,24,25)/t13-,18-/m0/s1. The van der Waals surface area contributed by atoms with Gasteiger partial charge in [-0.3, -0.25) is 9.59 Å². The molecule has 4 rings (SSSR count). The van der Waals surface area contributed by atoms with Crippen molar-refractivity contribution in [3.8, 4) is 0 Å². The summed E-state index contributed by atoms with van der Waals surface area (Å²) in [5.74, 6) is -0.547. The number of carbonyl (C=O) groups is 2. The first kappa shape index (κ1) is 17.7. The molecule has 1 aliphatic carbocycles. The maximum atomic E-state index is 12.8. The Balaban J connectivity index is 1.49. The lowest BCUT2D eigenvalue weighted by Crippen LogP contribution is -2.43. The zero-order valence-corrected chi connectivity index (χ0v) is 16.0. The van der Waals surface area contributed by atoms with E-state index in [0.717, 1.165) is 48.7 Å². The van der Waals surface area contributed by atoms with Crippen molar-refractivity contribution in [2.45, 2.75) is 45.4 Å². The van der Waals surface area contributed by atoms with Crippen LogP contribution in [0.3, 0.4) is 0 Å². The number of aryl methyl sites for hydroxylation is 1. The number of fused-ring (bicyclic) bond motifs is 1. The third-order valence-corrected chi connectivity index (χ3v) is 7.29. The molecule has 0 aromatic carbocycles. The van der Waals surface area contributed by atoms with E-state index in [1.807, 2.05) is 4.90 Å². The van der Waals surface area contributed by atoms with Gasteiger partial charge in [0.15, 0.2) is 0 Å². The maximum Gasteiger partial charge on any atom is 0.313 e. The van der Waals surface area contributed by atoms with Crippen LogP contribution in [0.25, 0.3) is 0 Å². The number of carboxylic acids is 1. The smallest absolute Gasteiger partial charge is 0.313 e. The highest BCUT2D eigenvalue weighted by Crippen LogP contribution is 2.45. The van der Waals surface area contributed by atoms with Crippen LogP contribution < -0.4 is 4.90 Å². The summed E-state index contributed by atoms with van der Waals surface area (Å²) in [5, 5.41) is 20.3. The number of hydrogen-bond donors (Lipinski definition) is 1. The fourth-order valence-electron chi connectivity index (χ4n) is 4.80. The molecule has 26 heavy (non-hydrogen) atoms. The molecule has 8 heteroatoms. The Morgan fingerprint density at radius 3 is 2.65 bits per heavy atom. The van der Waals surface area contributed by atoms with Crippen molar-refractivity contribution in [1.29, 1.82) is 0 Å². The molecular weight excluding hydrogens is 352 g/mol. The summed E-state index contributed by atoms with van der Waals surface area (Å²) in [6.45, 7) is 4.05. The van der Waals surface area contributed by atoms with Crippen molar-refractivity contribution in [1.82, 2.24) is 15.1 Å². The molecule has 1 saturated carbocycles. The van der Waals surface area contributed by atoms with Crippen molar-refractivity contribution in [3.63, 3.8) is 0 Å². The summed E-state index contributed by atoms with van der Waals surface area (Å²) in [6.07, 6.45) is 6.07. The normalized spacial score (nSPS) is 28.7. The molecule has 0 spiro atoms. The van der Waals surface area contributed by atoms with E-state index in [2.05, 4.69) is 22.0 Å². The number of carbonyl (C=O) groups excluding carboxylic acids is 1. The van der Waals surface area contributed by atoms with Gasteiger partial charge in [-0.1, -0.05) is 31.1 Å². The number of amides is 1. The first-order valence-corrected chi connectivity index (χ1v) is 10.4. The Morgan fingerprint density at radius 1 is 1.23 bits per heavy atom. The molecule has 1 aromatic heterocycles. The molecule has 1 N–H and O–H groups in total. The average Bonchev–Trinajstić information content (AvgIpc) is 3.36. The van der Waals surface area contributed by atoms with E-state index in [1.165, 1.54) is 0 Å². The highest BCUT2D eigenvalue weighted by atomic mass is 32.1. The zero-order valence-electron chi connectivity index (χ0n) is 15.2. The van der Waals surface area contributed by atoms with E-state index < -0.39 is 11.4 Å². The molecule has 1 amide bonds. The molecule has 2 aliphatic heterocycles. The molecule has 0 bridgehead atoms. The number of nitrogens with zero attached hydrogens (tertiary/aromatic N) is 4. The van der Waals surface area contributed by atoms with Gasteiger partial charge in [0.2, 0.25) is 11.0 Å². The SMILES string of the molecule is CCCc1nnc(N2C[C@@H]3CN(C(=O)C4CCCC4)C[C@]3(C(=O)O)C2)s1. The Morgan fingerprint density at radius 2 is 2.00 bits per heavy atom. The molecular formula is C18H26N4O3S. The third kappa shape index (κ3) is 2.88. The van der Waals surface area contributed by atoms with Crippen molar-refractivity contribution in [3.05, 3.63) is 5.01 Å². The zero-order chi connectivity index (χ0) is 18.3. The lowest BCUT2D eigenvalue weighted by molar-refractivity contribution is -0.148. The molecule has 2 atom stereocenters. The molecule has 3 heterocycles. The number of rotatable bonds is 5. The van der Waals surface area contributed by atoms with Gasteiger partial charge in [-0.15, -0.1) is 10.2 Å². The molecule has 3 fully saturated rings. The van der Waals surface area contributed by atoms with Gasteiger partial charge < -0.3 is 14.9 Å². The van der Waals surface area contributed by atoms with Crippen LogP contribution in [0.4, 0.5) is 5.13 Å². The lowest BCUT2D eigenvalue weighted by atomic mass is 9.81. The second kappa shape index (κ2) is 6.79. The summed E-state index contributed by atoms with van der Waals surface area (Å²) in [6, 6.07) is 0. The first-order chi connectivity index (χ1) is 12.5. The average molecular weight is 378 g/mol. The van der Waals surface area contributed by atoms with Crippen molar-refractivity contribution < 1.29 is 14.7 Å². The van der Waals surface area contributed by atoms with Crippen LogP contribution in [0.1, 0.15) is 44.0 Å². The van der Waals surface area contributed by atoms with Gasteiger partial charge in [0, 0.05) is 44.4 Å². The van der Waals surface area contributed by atoms with Crippen molar-refractivity contribution >= 4 is 28.3 Å². The maximum absolute atomic E-state index is 12.8. The summed E-state index contributed by atoms with van der Waals surface area (Å²) < 4.78 is 0. The van der Waals surface area contributed by atoms with Crippen LogP contribution in [0.15, 0.2) is 0 Å². The quantitative estimate of drug-likeness (QED) is 0.844. The predicted molar refractivity (Wildman–Crippen MR) is 98.2 cm³/mol. The number of likely N-dealkylation sites (tertiary alicyclic amines) is 1. The van der Waals surface area contributed by atoms with Gasteiger partial charge in [-0.05, 0) is 19.3 Å². The molecule has 0 radical (unpaired) electrons. The minimum atomic E-state index is -0.870. The van der Waals surface area contributed by atoms with Crippen LogP contribution in [-0.4, -0.2) is 58.3 Å². The molecule has 7 nitrogen and oxygen atoms in total. The minimum Gasteiger partial charge on any atom is -0.481 e. The Kier molecular flexibility index (Phi) is 4.62. The summed E-state index contributed by atoms with van der Waals surface area (Å²) in [5.41, 5.74) is -0.870. The number of aliphatic carboxylic acids is 1.